The maximum absolute atomic E-state index is 7.22. The average molecular weight is 169 g/mol. The van der Waals surface area contributed by atoms with Gasteiger partial charge in [-0.2, -0.15) is 0 Å². The first-order valence-electron chi connectivity index (χ1n) is 4.81. The van der Waals surface area contributed by atoms with Crippen molar-refractivity contribution < 1.29 is 0 Å². The summed E-state index contributed by atoms with van der Waals surface area (Å²) in [6.45, 7) is 3.98. The molecular formula is C9H19N3. The van der Waals surface area contributed by atoms with Gasteiger partial charge in [0.05, 0.1) is 6.54 Å². The average Bonchev–Trinajstić information content (AvgIpc) is 2.79. The van der Waals surface area contributed by atoms with Gasteiger partial charge in [-0.05, 0) is 25.8 Å². The lowest BCUT2D eigenvalue weighted by molar-refractivity contribution is 0.294. The van der Waals surface area contributed by atoms with Crippen molar-refractivity contribution in [3.63, 3.8) is 0 Å². The van der Waals surface area contributed by atoms with Crippen LogP contribution in [0.4, 0.5) is 0 Å². The van der Waals surface area contributed by atoms with E-state index in [0.29, 0.717) is 12.4 Å². The van der Waals surface area contributed by atoms with E-state index in [0.717, 1.165) is 12.6 Å². The van der Waals surface area contributed by atoms with E-state index in [2.05, 4.69) is 11.8 Å². The second-order valence-electron chi connectivity index (χ2n) is 3.58. The minimum atomic E-state index is 0.304. The third-order valence-electron chi connectivity index (χ3n) is 2.24. The van der Waals surface area contributed by atoms with E-state index in [1.165, 1.54) is 25.7 Å². The Kier molecular flexibility index (Phi) is 3.53. The summed E-state index contributed by atoms with van der Waals surface area (Å²) < 4.78 is 0. The first-order chi connectivity index (χ1) is 5.74. The number of unbranched alkanes of at least 4 members (excludes halogenated alkanes) is 1. The predicted octanol–water partition coefficient (Wildman–Crippen LogP) is 1.19. The first kappa shape index (κ1) is 9.52. The molecule has 3 N–H and O–H groups in total. The number of hydrogen-bond donors (Lipinski definition) is 2. The van der Waals surface area contributed by atoms with Gasteiger partial charge in [-0.15, -0.1) is 0 Å². The summed E-state index contributed by atoms with van der Waals surface area (Å²) in [4.78, 5) is 2.34. The summed E-state index contributed by atoms with van der Waals surface area (Å²) in [7, 11) is 0. The van der Waals surface area contributed by atoms with Crippen molar-refractivity contribution in [1.82, 2.24) is 4.90 Å². The van der Waals surface area contributed by atoms with Gasteiger partial charge in [0.1, 0.15) is 5.84 Å². The molecule has 3 nitrogen and oxygen atoms in total. The van der Waals surface area contributed by atoms with E-state index in [4.69, 9.17) is 11.1 Å². The molecule has 0 spiro atoms. The van der Waals surface area contributed by atoms with Gasteiger partial charge in [0.2, 0.25) is 0 Å². The molecule has 0 aromatic rings. The molecule has 0 radical (unpaired) electrons. The van der Waals surface area contributed by atoms with E-state index < -0.39 is 0 Å². The first-order valence-corrected chi connectivity index (χ1v) is 4.81. The van der Waals surface area contributed by atoms with Crippen LogP contribution in [0.25, 0.3) is 0 Å². The Morgan fingerprint density at radius 3 is 2.67 bits per heavy atom. The topological polar surface area (TPSA) is 53.1 Å². The van der Waals surface area contributed by atoms with Crippen LogP contribution < -0.4 is 5.73 Å². The third-order valence-corrected chi connectivity index (χ3v) is 2.24. The number of amidine groups is 1. The lowest BCUT2D eigenvalue weighted by Crippen LogP contribution is -2.35. The zero-order valence-corrected chi connectivity index (χ0v) is 7.84. The zero-order valence-electron chi connectivity index (χ0n) is 7.84. The molecule has 0 bridgehead atoms. The Morgan fingerprint density at radius 2 is 2.25 bits per heavy atom. The van der Waals surface area contributed by atoms with Crippen LogP contribution in [-0.4, -0.2) is 29.9 Å². The van der Waals surface area contributed by atoms with Crippen molar-refractivity contribution in [3.8, 4) is 0 Å². The van der Waals surface area contributed by atoms with Crippen LogP contribution in [0.2, 0.25) is 0 Å². The molecule has 0 heterocycles. The van der Waals surface area contributed by atoms with Gasteiger partial charge in [0.15, 0.2) is 0 Å². The van der Waals surface area contributed by atoms with E-state index in [1.54, 1.807) is 0 Å². The van der Waals surface area contributed by atoms with Gasteiger partial charge in [-0.3, -0.25) is 10.3 Å². The Bertz CT molecular complexity index is 152. The molecule has 1 rings (SSSR count). The van der Waals surface area contributed by atoms with Crippen molar-refractivity contribution in [2.24, 2.45) is 5.73 Å². The van der Waals surface area contributed by atoms with E-state index in [9.17, 15) is 0 Å². The Balaban J connectivity index is 2.22. The van der Waals surface area contributed by atoms with Gasteiger partial charge >= 0.3 is 0 Å². The van der Waals surface area contributed by atoms with Gasteiger partial charge in [-0.1, -0.05) is 13.3 Å². The Hall–Kier alpha value is -0.570. The third kappa shape index (κ3) is 3.22. The van der Waals surface area contributed by atoms with Gasteiger partial charge in [-0.25, -0.2) is 0 Å². The summed E-state index contributed by atoms with van der Waals surface area (Å²) in [5.41, 5.74) is 5.37. The van der Waals surface area contributed by atoms with Crippen molar-refractivity contribution in [3.05, 3.63) is 0 Å². The number of nitrogens with zero attached hydrogens (tertiary/aromatic N) is 1. The van der Waals surface area contributed by atoms with Crippen molar-refractivity contribution in [1.29, 1.82) is 5.41 Å². The molecule has 0 aliphatic heterocycles. The highest BCUT2D eigenvalue weighted by molar-refractivity contribution is 5.79. The maximum Gasteiger partial charge on any atom is 0.105 e. The summed E-state index contributed by atoms with van der Waals surface area (Å²) >= 11 is 0. The van der Waals surface area contributed by atoms with Crippen LogP contribution in [0, 0.1) is 5.41 Å². The number of hydrogen-bond acceptors (Lipinski definition) is 2. The Labute approximate surface area is 74.4 Å². The quantitative estimate of drug-likeness (QED) is 0.463. The predicted molar refractivity (Wildman–Crippen MR) is 51.4 cm³/mol. The van der Waals surface area contributed by atoms with Crippen LogP contribution in [0.5, 0.6) is 0 Å². The van der Waals surface area contributed by atoms with Crippen molar-refractivity contribution in [2.75, 3.05) is 13.1 Å². The molecule has 3 heteroatoms. The summed E-state index contributed by atoms with van der Waals surface area (Å²) in [6, 6.07) is 0.737. The molecule has 0 atom stereocenters. The molecule has 1 fully saturated rings. The number of nitrogens with one attached hydrogen (secondary N) is 1. The van der Waals surface area contributed by atoms with Gasteiger partial charge in [0.25, 0.3) is 0 Å². The molecule has 0 aromatic carbocycles. The van der Waals surface area contributed by atoms with Crippen LogP contribution in [0.1, 0.15) is 32.6 Å². The fourth-order valence-corrected chi connectivity index (χ4v) is 1.41. The fraction of sp³-hybridized carbons (Fsp3) is 0.889. The fourth-order valence-electron chi connectivity index (χ4n) is 1.41. The highest BCUT2D eigenvalue weighted by atomic mass is 15.2. The summed E-state index contributed by atoms with van der Waals surface area (Å²) in [5.74, 6) is 0.304. The molecule has 70 valence electrons. The lowest BCUT2D eigenvalue weighted by Gasteiger charge is -2.20. The molecule has 12 heavy (non-hydrogen) atoms. The smallest absolute Gasteiger partial charge is 0.105 e. The lowest BCUT2D eigenvalue weighted by atomic mass is 10.3. The Morgan fingerprint density at radius 1 is 1.58 bits per heavy atom. The monoisotopic (exact) mass is 169 g/mol. The summed E-state index contributed by atoms with van der Waals surface area (Å²) in [6.07, 6.45) is 5.05. The second kappa shape index (κ2) is 4.45. The summed E-state index contributed by atoms with van der Waals surface area (Å²) in [5, 5.41) is 7.22. The standard InChI is InChI=1S/C9H19N3/c1-2-3-6-12(7-9(10)11)8-4-5-8/h8H,2-7H2,1H3,(H3,10,11). The molecule has 0 aromatic heterocycles. The SMILES string of the molecule is CCCCN(CC(=N)N)C1CC1. The van der Waals surface area contributed by atoms with Crippen LogP contribution in [0.15, 0.2) is 0 Å². The minimum Gasteiger partial charge on any atom is -0.387 e. The van der Waals surface area contributed by atoms with E-state index in [-0.39, 0.29) is 0 Å². The zero-order chi connectivity index (χ0) is 8.97. The van der Waals surface area contributed by atoms with Crippen LogP contribution in [0.3, 0.4) is 0 Å². The molecule has 1 aliphatic rings. The molecule has 1 aliphatic carbocycles. The number of rotatable bonds is 6. The van der Waals surface area contributed by atoms with Gasteiger partial charge in [0, 0.05) is 6.04 Å². The van der Waals surface area contributed by atoms with Gasteiger partial charge < -0.3 is 5.73 Å². The van der Waals surface area contributed by atoms with Crippen LogP contribution in [-0.2, 0) is 0 Å². The largest absolute Gasteiger partial charge is 0.387 e. The number of nitrogens with two attached hydrogens (primary N) is 1. The van der Waals surface area contributed by atoms with E-state index >= 15 is 0 Å². The maximum atomic E-state index is 7.22. The van der Waals surface area contributed by atoms with Crippen molar-refractivity contribution >= 4 is 5.84 Å². The second-order valence-corrected chi connectivity index (χ2v) is 3.58. The molecular weight excluding hydrogens is 150 g/mol. The molecule has 1 saturated carbocycles. The molecule has 0 unspecified atom stereocenters. The van der Waals surface area contributed by atoms with Crippen LogP contribution >= 0.6 is 0 Å². The normalized spacial score (nSPS) is 16.8. The highest BCUT2D eigenvalue weighted by Crippen LogP contribution is 2.26. The minimum absolute atomic E-state index is 0.304. The molecule has 0 saturated heterocycles. The molecule has 0 amide bonds. The van der Waals surface area contributed by atoms with Crippen molar-refractivity contribution in [2.45, 2.75) is 38.6 Å². The van der Waals surface area contributed by atoms with E-state index in [1.807, 2.05) is 0 Å². The highest BCUT2D eigenvalue weighted by Gasteiger charge is 2.28.